The van der Waals surface area contributed by atoms with Crippen molar-refractivity contribution >= 4 is 37.4 Å². The molecule has 4 heteroatoms. The lowest BCUT2D eigenvalue weighted by atomic mass is 10.2. The Bertz CT molecular complexity index is 123. The number of nitrogens with zero attached hydrogens (tertiary/aromatic N) is 1. The van der Waals surface area contributed by atoms with Crippen LogP contribution in [0.15, 0.2) is 17.6 Å². The zero-order chi connectivity index (χ0) is 6.57. The van der Waals surface area contributed by atoms with Crippen LogP contribution >= 0.6 is 24.8 Å². The average Bonchev–Trinajstić information content (AvgIpc) is 1.84. The number of halogens is 2. The lowest BCUT2D eigenvalue weighted by Crippen LogP contribution is -2.01. The van der Waals surface area contributed by atoms with E-state index in [2.05, 4.69) is 18.3 Å². The average molecular weight is 183 g/mol. The van der Waals surface area contributed by atoms with Gasteiger partial charge in [0.2, 0.25) is 0 Å². The fourth-order valence-electron chi connectivity index (χ4n) is 0.256. The summed E-state index contributed by atoms with van der Waals surface area (Å²) in [7, 11) is 0. The summed E-state index contributed by atoms with van der Waals surface area (Å²) < 4.78 is 0. The van der Waals surface area contributed by atoms with E-state index in [1.165, 1.54) is 0 Å². The maximum absolute atomic E-state index is 7.04. The van der Waals surface area contributed by atoms with Crippen molar-refractivity contribution in [3.8, 4) is 0 Å². The quantitative estimate of drug-likeness (QED) is 0.387. The third-order valence-corrected chi connectivity index (χ3v) is 0.955. The minimum absolute atomic E-state index is 0. The molecule has 0 aromatic carbocycles. The Hall–Kier alpha value is -0.340. The van der Waals surface area contributed by atoms with E-state index < -0.39 is 0 Å². The molecule has 0 fully saturated rings. The Labute approximate surface area is 73.8 Å². The predicted octanol–water partition coefficient (Wildman–Crippen LogP) is 2.33. The normalized spacial score (nSPS) is 9.70. The molecule has 0 heterocycles. The predicted molar refractivity (Wildman–Crippen MR) is 51.1 cm³/mol. The van der Waals surface area contributed by atoms with Crippen LogP contribution in [0.4, 0.5) is 0 Å². The summed E-state index contributed by atoms with van der Waals surface area (Å²) >= 11 is 0. The number of hydrogen-bond donors (Lipinski definition) is 1. The summed E-state index contributed by atoms with van der Waals surface area (Å²) in [6.07, 6.45) is 1.66. The molecule has 0 aromatic heterocycles. The molecule has 2 nitrogen and oxygen atoms in total. The highest BCUT2D eigenvalue weighted by atomic mass is 35.5. The third-order valence-electron chi connectivity index (χ3n) is 0.955. The van der Waals surface area contributed by atoms with Crippen molar-refractivity contribution in [2.75, 3.05) is 0 Å². The molecule has 0 aliphatic carbocycles. The molecule has 0 radical (unpaired) electrons. The molecule has 1 atom stereocenters. The highest BCUT2D eigenvalue weighted by Gasteiger charge is 1.98. The van der Waals surface area contributed by atoms with E-state index in [0.717, 1.165) is 0 Å². The number of nitrogens with one attached hydrogen (secondary N) is 1. The second kappa shape index (κ2) is 8.66. The van der Waals surface area contributed by atoms with Gasteiger partial charge in [-0.2, -0.15) is 0 Å². The second-order valence-electron chi connectivity index (χ2n) is 1.57. The van der Waals surface area contributed by atoms with Gasteiger partial charge in [-0.05, 0) is 6.72 Å². The highest BCUT2D eigenvalue weighted by molar-refractivity contribution is 5.86. The highest BCUT2D eigenvalue weighted by Crippen LogP contribution is 1.96. The van der Waals surface area contributed by atoms with Gasteiger partial charge in [-0.25, -0.2) is 4.99 Å². The van der Waals surface area contributed by atoms with Gasteiger partial charge in [-0.3, -0.25) is 5.41 Å². The first-order valence-corrected chi connectivity index (χ1v) is 2.40. The van der Waals surface area contributed by atoms with E-state index in [9.17, 15) is 0 Å². The van der Waals surface area contributed by atoms with Crippen LogP contribution < -0.4 is 0 Å². The van der Waals surface area contributed by atoms with Gasteiger partial charge in [0.05, 0.1) is 0 Å². The molecule has 0 saturated heterocycles. The maximum atomic E-state index is 7.04. The minimum Gasteiger partial charge on any atom is -0.286 e. The molecule has 0 bridgehead atoms. The first-order valence-electron chi connectivity index (χ1n) is 2.40. The van der Waals surface area contributed by atoms with Gasteiger partial charge in [-0.15, -0.1) is 31.4 Å². The molecule has 0 amide bonds. The van der Waals surface area contributed by atoms with Crippen LogP contribution in [0.5, 0.6) is 0 Å². The zero-order valence-corrected chi connectivity index (χ0v) is 7.47. The second-order valence-corrected chi connectivity index (χ2v) is 1.57. The number of rotatable bonds is 2. The van der Waals surface area contributed by atoms with Gasteiger partial charge in [0.25, 0.3) is 0 Å². The topological polar surface area (TPSA) is 36.2 Å². The number of amidine groups is 1. The molecule has 1 unspecified atom stereocenters. The largest absolute Gasteiger partial charge is 0.286 e. The lowest BCUT2D eigenvalue weighted by Gasteiger charge is -1.98. The Morgan fingerprint density at radius 2 is 2.00 bits per heavy atom. The van der Waals surface area contributed by atoms with Crippen LogP contribution in [0.25, 0.3) is 0 Å². The van der Waals surface area contributed by atoms with Crippen LogP contribution in [0.2, 0.25) is 0 Å². The third kappa shape index (κ3) is 5.79. The standard InChI is InChI=1S/C6H10N2.2ClH/c1-4-5(2)6(7)8-3;;/h4-5,7H,1,3H2,2H3;2*1H. The first kappa shape index (κ1) is 16.3. The summed E-state index contributed by atoms with van der Waals surface area (Å²) in [6, 6.07) is 0. The molecule has 0 saturated carbocycles. The molecular formula is C6H12Cl2N2. The first-order chi connectivity index (χ1) is 3.72. The van der Waals surface area contributed by atoms with Gasteiger partial charge in [0.1, 0.15) is 5.84 Å². The van der Waals surface area contributed by atoms with Gasteiger partial charge >= 0.3 is 0 Å². The van der Waals surface area contributed by atoms with E-state index >= 15 is 0 Å². The van der Waals surface area contributed by atoms with Gasteiger partial charge < -0.3 is 0 Å². The van der Waals surface area contributed by atoms with Crippen LogP contribution in [-0.2, 0) is 0 Å². The summed E-state index contributed by atoms with van der Waals surface area (Å²) in [5.74, 6) is 0.312. The monoisotopic (exact) mass is 182 g/mol. The summed E-state index contributed by atoms with van der Waals surface area (Å²) in [6.45, 7) is 8.56. The maximum Gasteiger partial charge on any atom is 0.126 e. The molecule has 0 aromatic rings. The Balaban J connectivity index is -0.000000245. The summed E-state index contributed by atoms with van der Waals surface area (Å²) in [4.78, 5) is 3.42. The van der Waals surface area contributed by atoms with E-state index in [4.69, 9.17) is 5.41 Å². The van der Waals surface area contributed by atoms with Crippen molar-refractivity contribution in [1.29, 1.82) is 5.41 Å². The van der Waals surface area contributed by atoms with Gasteiger partial charge in [0, 0.05) is 5.92 Å². The van der Waals surface area contributed by atoms with Crippen LogP contribution in [0, 0.1) is 11.3 Å². The number of aliphatic imine (C=N–C) groups is 1. The smallest absolute Gasteiger partial charge is 0.126 e. The van der Waals surface area contributed by atoms with Crippen molar-refractivity contribution in [3.05, 3.63) is 12.7 Å². The van der Waals surface area contributed by atoms with Crippen molar-refractivity contribution < 1.29 is 0 Å². The van der Waals surface area contributed by atoms with E-state index in [-0.39, 0.29) is 36.6 Å². The Morgan fingerprint density at radius 3 is 2.10 bits per heavy atom. The molecule has 0 spiro atoms. The van der Waals surface area contributed by atoms with E-state index in [1.807, 2.05) is 6.92 Å². The van der Waals surface area contributed by atoms with Crippen molar-refractivity contribution in [2.24, 2.45) is 10.9 Å². The summed E-state index contributed by atoms with van der Waals surface area (Å²) in [5, 5.41) is 7.04. The van der Waals surface area contributed by atoms with Gasteiger partial charge in [-0.1, -0.05) is 13.0 Å². The molecule has 0 aliphatic heterocycles. The van der Waals surface area contributed by atoms with Crippen molar-refractivity contribution in [1.82, 2.24) is 0 Å². The van der Waals surface area contributed by atoms with Crippen molar-refractivity contribution in [2.45, 2.75) is 6.92 Å². The molecule has 60 valence electrons. The fraction of sp³-hybridized carbons (Fsp3) is 0.333. The van der Waals surface area contributed by atoms with Crippen LogP contribution in [-0.4, -0.2) is 12.6 Å². The Morgan fingerprint density at radius 1 is 1.60 bits per heavy atom. The lowest BCUT2D eigenvalue weighted by molar-refractivity contribution is 0.975. The fourth-order valence-corrected chi connectivity index (χ4v) is 0.256. The molecular weight excluding hydrogens is 171 g/mol. The SMILES string of the molecule is C=CC(C)C(=N)N=C.Cl.Cl. The zero-order valence-electron chi connectivity index (χ0n) is 5.83. The van der Waals surface area contributed by atoms with Gasteiger partial charge in [0.15, 0.2) is 0 Å². The van der Waals surface area contributed by atoms with Crippen LogP contribution in [0.3, 0.4) is 0 Å². The Kier molecular flexibility index (Phi) is 14.1. The van der Waals surface area contributed by atoms with E-state index in [0.29, 0.717) is 0 Å². The molecule has 1 N–H and O–H groups in total. The van der Waals surface area contributed by atoms with Crippen LogP contribution in [0.1, 0.15) is 6.92 Å². The molecule has 0 aliphatic rings. The summed E-state index contributed by atoms with van der Waals surface area (Å²) in [5.41, 5.74) is 0. The van der Waals surface area contributed by atoms with Crippen molar-refractivity contribution in [3.63, 3.8) is 0 Å². The number of hydrogen-bond acceptors (Lipinski definition) is 1. The van der Waals surface area contributed by atoms with E-state index in [1.54, 1.807) is 6.08 Å². The minimum atomic E-state index is 0. The molecule has 0 rings (SSSR count). The molecule has 10 heavy (non-hydrogen) atoms.